The van der Waals surface area contributed by atoms with Crippen LogP contribution in [-0.2, 0) is 12.8 Å². The summed E-state index contributed by atoms with van der Waals surface area (Å²) in [7, 11) is 0. The standard InChI is InChI=1S/C18H28N2O/c1-18(2,17(19)20)11-5-6-12-21-16-10-9-14-7-3-4-8-15(14)13-16/h9-10,13H,3-8,11-12H2,1-2H3,(H3,19,20). The molecular formula is C18H28N2O. The van der Waals surface area contributed by atoms with E-state index in [2.05, 4.69) is 18.2 Å². The van der Waals surface area contributed by atoms with Crippen molar-refractivity contribution in [3.63, 3.8) is 0 Å². The molecule has 3 N–H and O–H groups in total. The molecule has 3 heteroatoms. The van der Waals surface area contributed by atoms with Crippen LogP contribution in [0.2, 0.25) is 0 Å². The van der Waals surface area contributed by atoms with E-state index in [-0.39, 0.29) is 11.3 Å². The lowest BCUT2D eigenvalue weighted by atomic mass is 9.86. The number of ether oxygens (including phenoxy) is 1. The zero-order valence-corrected chi connectivity index (χ0v) is 13.4. The largest absolute Gasteiger partial charge is 0.494 e. The van der Waals surface area contributed by atoms with E-state index >= 15 is 0 Å². The lowest BCUT2D eigenvalue weighted by Crippen LogP contribution is -2.30. The van der Waals surface area contributed by atoms with Crippen molar-refractivity contribution in [2.75, 3.05) is 6.61 Å². The number of rotatable bonds is 7. The van der Waals surface area contributed by atoms with E-state index in [0.29, 0.717) is 0 Å². The molecule has 0 bridgehead atoms. The molecule has 0 spiro atoms. The van der Waals surface area contributed by atoms with Crippen LogP contribution < -0.4 is 10.5 Å². The van der Waals surface area contributed by atoms with Gasteiger partial charge in [-0.05, 0) is 68.2 Å². The fourth-order valence-electron chi connectivity index (χ4n) is 2.79. The van der Waals surface area contributed by atoms with Crippen LogP contribution in [0.3, 0.4) is 0 Å². The molecule has 1 aliphatic rings. The molecule has 2 rings (SSSR count). The van der Waals surface area contributed by atoms with Gasteiger partial charge in [-0.15, -0.1) is 0 Å². The van der Waals surface area contributed by atoms with Gasteiger partial charge in [-0.3, -0.25) is 5.41 Å². The van der Waals surface area contributed by atoms with Gasteiger partial charge >= 0.3 is 0 Å². The lowest BCUT2D eigenvalue weighted by Gasteiger charge is -2.22. The Morgan fingerprint density at radius 2 is 1.90 bits per heavy atom. The molecule has 0 unspecified atom stereocenters. The fraction of sp³-hybridized carbons (Fsp3) is 0.611. The predicted octanol–water partition coefficient (Wildman–Crippen LogP) is 4.08. The third-order valence-electron chi connectivity index (χ3n) is 4.51. The molecule has 0 radical (unpaired) electrons. The van der Waals surface area contributed by atoms with Crippen LogP contribution in [0.4, 0.5) is 0 Å². The summed E-state index contributed by atoms with van der Waals surface area (Å²) in [4.78, 5) is 0. The molecule has 21 heavy (non-hydrogen) atoms. The summed E-state index contributed by atoms with van der Waals surface area (Å²) in [6.07, 6.45) is 8.02. The van der Waals surface area contributed by atoms with Crippen LogP contribution in [0.1, 0.15) is 57.1 Å². The minimum absolute atomic E-state index is 0.189. The molecule has 0 amide bonds. The second kappa shape index (κ2) is 6.97. The average Bonchev–Trinajstić information content (AvgIpc) is 2.46. The minimum atomic E-state index is -0.189. The summed E-state index contributed by atoms with van der Waals surface area (Å²) < 4.78 is 5.86. The third-order valence-corrected chi connectivity index (χ3v) is 4.51. The number of amidine groups is 1. The maximum Gasteiger partial charge on any atom is 0.119 e. The van der Waals surface area contributed by atoms with Crippen LogP contribution in [0.15, 0.2) is 18.2 Å². The van der Waals surface area contributed by atoms with Crippen LogP contribution in [0, 0.1) is 10.8 Å². The van der Waals surface area contributed by atoms with E-state index < -0.39 is 0 Å². The van der Waals surface area contributed by atoms with Crippen LogP contribution >= 0.6 is 0 Å². The van der Waals surface area contributed by atoms with E-state index in [9.17, 15) is 0 Å². The van der Waals surface area contributed by atoms with E-state index in [1.54, 1.807) is 0 Å². The Kier molecular flexibility index (Phi) is 5.27. The number of fused-ring (bicyclic) bond motifs is 1. The number of benzene rings is 1. The molecule has 1 aliphatic carbocycles. The summed E-state index contributed by atoms with van der Waals surface area (Å²) in [5.41, 5.74) is 8.37. The Balaban J connectivity index is 1.73. The normalized spacial score (nSPS) is 14.6. The van der Waals surface area contributed by atoms with E-state index in [1.165, 1.54) is 36.8 Å². The van der Waals surface area contributed by atoms with Gasteiger partial charge in [0.05, 0.1) is 12.4 Å². The van der Waals surface area contributed by atoms with Gasteiger partial charge in [0.2, 0.25) is 0 Å². The summed E-state index contributed by atoms with van der Waals surface area (Å²) in [5, 5.41) is 7.55. The summed E-state index contributed by atoms with van der Waals surface area (Å²) in [6, 6.07) is 6.54. The van der Waals surface area contributed by atoms with Crippen molar-refractivity contribution in [3.05, 3.63) is 29.3 Å². The maximum absolute atomic E-state index is 7.55. The van der Waals surface area contributed by atoms with Crippen molar-refractivity contribution < 1.29 is 4.74 Å². The first kappa shape index (κ1) is 15.9. The molecule has 0 aromatic heterocycles. The second-order valence-corrected chi connectivity index (χ2v) is 6.74. The first-order chi connectivity index (χ1) is 9.99. The smallest absolute Gasteiger partial charge is 0.119 e. The summed E-state index contributed by atoms with van der Waals surface area (Å²) in [6.45, 7) is 4.80. The molecular weight excluding hydrogens is 260 g/mol. The number of hydrogen-bond acceptors (Lipinski definition) is 2. The monoisotopic (exact) mass is 288 g/mol. The first-order valence-electron chi connectivity index (χ1n) is 8.08. The van der Waals surface area contributed by atoms with Crippen molar-refractivity contribution in [2.24, 2.45) is 11.1 Å². The molecule has 1 aromatic rings. The fourth-order valence-corrected chi connectivity index (χ4v) is 2.79. The number of aryl methyl sites for hydroxylation is 2. The van der Waals surface area contributed by atoms with Gasteiger partial charge in [-0.25, -0.2) is 0 Å². The second-order valence-electron chi connectivity index (χ2n) is 6.74. The minimum Gasteiger partial charge on any atom is -0.494 e. The quantitative estimate of drug-likeness (QED) is 0.451. The van der Waals surface area contributed by atoms with Gasteiger partial charge in [0.1, 0.15) is 5.75 Å². The molecule has 3 nitrogen and oxygen atoms in total. The van der Waals surface area contributed by atoms with Crippen molar-refractivity contribution in [1.29, 1.82) is 5.41 Å². The van der Waals surface area contributed by atoms with Crippen molar-refractivity contribution >= 4 is 5.84 Å². The topological polar surface area (TPSA) is 59.1 Å². The Morgan fingerprint density at radius 3 is 2.62 bits per heavy atom. The van der Waals surface area contributed by atoms with E-state index in [4.69, 9.17) is 15.9 Å². The average molecular weight is 288 g/mol. The predicted molar refractivity (Wildman–Crippen MR) is 88.1 cm³/mol. The van der Waals surface area contributed by atoms with E-state index in [1.807, 2.05) is 13.8 Å². The number of unbranched alkanes of at least 4 members (excludes halogenated alkanes) is 1. The number of hydrogen-bond donors (Lipinski definition) is 2. The Bertz CT molecular complexity index is 494. The molecule has 116 valence electrons. The molecule has 0 atom stereocenters. The highest BCUT2D eigenvalue weighted by Crippen LogP contribution is 2.26. The third kappa shape index (κ3) is 4.48. The molecule has 0 saturated carbocycles. The Labute approximate surface area is 128 Å². The Hall–Kier alpha value is -1.51. The highest BCUT2D eigenvalue weighted by Gasteiger charge is 2.20. The van der Waals surface area contributed by atoms with Gasteiger partial charge < -0.3 is 10.5 Å². The number of nitrogens with two attached hydrogens (primary N) is 1. The SMILES string of the molecule is CC(C)(CCCCOc1ccc2c(c1)CCCC2)C(=N)N. The maximum atomic E-state index is 7.55. The van der Waals surface area contributed by atoms with E-state index in [0.717, 1.165) is 31.6 Å². The van der Waals surface area contributed by atoms with Crippen LogP contribution in [0.25, 0.3) is 0 Å². The van der Waals surface area contributed by atoms with Crippen molar-refractivity contribution in [2.45, 2.75) is 58.8 Å². The van der Waals surface area contributed by atoms with Crippen LogP contribution in [-0.4, -0.2) is 12.4 Å². The molecule has 1 aromatic carbocycles. The van der Waals surface area contributed by atoms with Gasteiger partial charge in [0.25, 0.3) is 0 Å². The lowest BCUT2D eigenvalue weighted by molar-refractivity contribution is 0.296. The first-order valence-corrected chi connectivity index (χ1v) is 8.08. The summed E-state index contributed by atoms with van der Waals surface area (Å²) >= 11 is 0. The molecule has 0 aliphatic heterocycles. The van der Waals surface area contributed by atoms with Gasteiger partial charge in [0, 0.05) is 5.41 Å². The zero-order valence-electron chi connectivity index (χ0n) is 13.4. The van der Waals surface area contributed by atoms with Crippen molar-refractivity contribution in [3.8, 4) is 5.75 Å². The molecule has 0 heterocycles. The van der Waals surface area contributed by atoms with Gasteiger partial charge in [-0.2, -0.15) is 0 Å². The zero-order chi connectivity index (χ0) is 15.3. The molecule has 0 fully saturated rings. The van der Waals surface area contributed by atoms with Gasteiger partial charge in [0.15, 0.2) is 0 Å². The Morgan fingerprint density at radius 1 is 1.19 bits per heavy atom. The van der Waals surface area contributed by atoms with Gasteiger partial charge in [-0.1, -0.05) is 19.9 Å². The van der Waals surface area contributed by atoms with Crippen molar-refractivity contribution in [1.82, 2.24) is 0 Å². The molecule has 0 saturated heterocycles. The number of nitrogens with one attached hydrogen (secondary N) is 1. The van der Waals surface area contributed by atoms with Crippen LogP contribution in [0.5, 0.6) is 5.75 Å². The highest BCUT2D eigenvalue weighted by molar-refractivity contribution is 5.82. The highest BCUT2D eigenvalue weighted by atomic mass is 16.5. The summed E-state index contributed by atoms with van der Waals surface area (Å²) in [5.74, 6) is 1.28.